The molecular formula is C48H26N2O4S2. The quantitative estimate of drug-likeness (QED) is 0.0999. The second-order valence-corrected chi connectivity index (χ2v) is 17.0. The van der Waals surface area contributed by atoms with Gasteiger partial charge in [0.05, 0.1) is 41.8 Å². The number of carbonyl (C=O) groups excluding carboxylic acids is 4. The average molecular weight is 759 g/mol. The van der Waals surface area contributed by atoms with Crippen LogP contribution in [0.25, 0.3) is 85.9 Å². The normalized spacial score (nSPS) is 14.3. The number of benzene rings is 6. The summed E-state index contributed by atoms with van der Waals surface area (Å²) in [6.45, 7) is 0. The lowest BCUT2D eigenvalue weighted by molar-refractivity contribution is 0.0975. The number of fused-ring (bicyclic) bond motifs is 11. The fraction of sp³-hybridized carbons (Fsp3) is 0.0417. The molecule has 0 radical (unpaired) electrons. The zero-order chi connectivity index (χ0) is 37.7. The molecule has 0 unspecified atom stereocenters. The van der Waals surface area contributed by atoms with Gasteiger partial charge in [0.1, 0.15) is 0 Å². The van der Waals surface area contributed by atoms with Gasteiger partial charge < -0.3 is 9.13 Å². The van der Waals surface area contributed by atoms with Gasteiger partial charge in [0.25, 0.3) is 0 Å². The predicted octanol–water partition coefficient (Wildman–Crippen LogP) is 11.5. The Hall–Kier alpha value is -6.74. The summed E-state index contributed by atoms with van der Waals surface area (Å²) < 4.78 is 7.45. The highest BCUT2D eigenvalue weighted by Crippen LogP contribution is 2.46. The standard InChI is InChI=1S/C48H26N2O4S2/c1-49-31(19-37-43(51)33-15-27-11-23-7-3-4-8-24(23)12-28(27)16-34(33)44(37)52)20-40-41(49)42-48(56-40)47-39(50(42)2)22-32(55-47)21-38-45(53)35-17-29-13-25-9-5-6-10-26(25)14-30(29)18-36(35)46(38)54/h3-22H,1-2H3. The van der Waals surface area contributed by atoms with E-state index in [9.17, 15) is 19.2 Å². The van der Waals surface area contributed by atoms with E-state index in [2.05, 4.69) is 33.4 Å². The van der Waals surface area contributed by atoms with E-state index in [1.807, 2.05) is 99.0 Å². The summed E-state index contributed by atoms with van der Waals surface area (Å²) in [7, 11) is 3.99. The van der Waals surface area contributed by atoms with Crippen molar-refractivity contribution in [1.29, 1.82) is 0 Å². The van der Waals surface area contributed by atoms with Crippen molar-refractivity contribution in [3.05, 3.63) is 153 Å². The summed E-state index contributed by atoms with van der Waals surface area (Å²) in [4.78, 5) is 55.7. The van der Waals surface area contributed by atoms with E-state index >= 15 is 0 Å². The minimum Gasteiger partial charge on any atom is -0.342 e. The fourth-order valence-corrected chi connectivity index (χ4v) is 11.5. The number of Topliss-reactive ketones (excluding diaryl/α,β-unsaturated/α-hetero) is 4. The van der Waals surface area contributed by atoms with Crippen LogP contribution in [0.2, 0.25) is 0 Å². The number of ketones is 4. The van der Waals surface area contributed by atoms with Crippen LogP contribution in [0.3, 0.4) is 0 Å². The highest BCUT2D eigenvalue weighted by molar-refractivity contribution is 7.31. The molecule has 0 saturated heterocycles. The molecule has 4 heterocycles. The van der Waals surface area contributed by atoms with E-state index in [1.165, 1.54) is 0 Å². The van der Waals surface area contributed by atoms with E-state index in [4.69, 9.17) is 0 Å². The molecule has 0 bridgehead atoms. The number of thiophene rings is 2. The Labute approximate surface area is 325 Å². The van der Waals surface area contributed by atoms with Gasteiger partial charge >= 0.3 is 0 Å². The molecule has 2 aliphatic carbocycles. The zero-order valence-electron chi connectivity index (χ0n) is 29.9. The predicted molar refractivity (Wildman–Crippen MR) is 229 cm³/mol. The van der Waals surface area contributed by atoms with Gasteiger partial charge in [-0.25, -0.2) is 0 Å². The molecular weight excluding hydrogens is 733 g/mol. The number of nitrogens with zero attached hydrogens (tertiary/aromatic N) is 2. The van der Waals surface area contributed by atoms with Crippen LogP contribution in [0.15, 0.2) is 120 Å². The first-order chi connectivity index (χ1) is 27.2. The van der Waals surface area contributed by atoms with Crippen LogP contribution in [0.5, 0.6) is 0 Å². The molecule has 4 aromatic heterocycles. The van der Waals surface area contributed by atoms with E-state index in [1.54, 1.807) is 34.8 Å². The molecule has 0 fully saturated rings. The van der Waals surface area contributed by atoms with Crippen molar-refractivity contribution in [3.63, 3.8) is 0 Å². The van der Waals surface area contributed by atoms with Crippen LogP contribution in [0, 0.1) is 0 Å². The van der Waals surface area contributed by atoms with Crippen LogP contribution < -0.4 is 0 Å². The van der Waals surface area contributed by atoms with E-state index in [0.29, 0.717) is 22.3 Å². The second-order valence-electron chi connectivity index (χ2n) is 14.9. The minimum absolute atomic E-state index is 0.176. The van der Waals surface area contributed by atoms with E-state index in [-0.39, 0.29) is 34.3 Å². The number of allylic oxidation sites excluding steroid dienone is 2. The number of carbonyl (C=O) groups is 4. The largest absolute Gasteiger partial charge is 0.342 e. The molecule has 0 aliphatic heterocycles. The van der Waals surface area contributed by atoms with Crippen molar-refractivity contribution in [3.8, 4) is 0 Å². The molecule has 6 nitrogen and oxygen atoms in total. The van der Waals surface area contributed by atoms with Crippen LogP contribution in [0.1, 0.15) is 52.0 Å². The third-order valence-electron chi connectivity index (χ3n) is 11.7. The molecule has 12 rings (SSSR count). The first-order valence-electron chi connectivity index (χ1n) is 18.3. The maximum Gasteiger partial charge on any atom is 0.197 e. The number of aromatic nitrogens is 2. The third-order valence-corrected chi connectivity index (χ3v) is 14.1. The summed E-state index contributed by atoms with van der Waals surface area (Å²) in [5.74, 6) is -0.981. The van der Waals surface area contributed by atoms with Crippen LogP contribution in [-0.2, 0) is 14.1 Å². The summed E-state index contributed by atoms with van der Waals surface area (Å²) in [6, 6.07) is 36.0. The zero-order valence-corrected chi connectivity index (χ0v) is 31.5. The first kappa shape index (κ1) is 31.6. The highest BCUT2D eigenvalue weighted by Gasteiger charge is 2.35. The fourth-order valence-electron chi connectivity index (χ4n) is 8.89. The maximum atomic E-state index is 13.7. The molecule has 0 atom stereocenters. The minimum atomic E-state index is -0.250. The number of rotatable bonds is 2. The Balaban J connectivity index is 0.905. The first-order valence-corrected chi connectivity index (χ1v) is 19.9. The second kappa shape index (κ2) is 10.9. The van der Waals surface area contributed by atoms with Crippen LogP contribution in [-0.4, -0.2) is 32.3 Å². The van der Waals surface area contributed by atoms with Gasteiger partial charge in [0, 0.05) is 46.9 Å². The molecule has 0 spiro atoms. The molecule has 0 N–H and O–H groups in total. The van der Waals surface area contributed by atoms with Crippen molar-refractivity contribution in [1.82, 2.24) is 9.13 Å². The molecule has 6 aromatic carbocycles. The number of hydrogen-bond donors (Lipinski definition) is 0. The van der Waals surface area contributed by atoms with Crippen LogP contribution in [0.4, 0.5) is 0 Å². The monoisotopic (exact) mass is 758 g/mol. The summed E-state index contributed by atoms with van der Waals surface area (Å²) >= 11 is 3.23. The molecule has 0 amide bonds. The average Bonchev–Trinajstić information content (AvgIpc) is 4.01. The third kappa shape index (κ3) is 4.20. The maximum absolute atomic E-state index is 13.7. The van der Waals surface area contributed by atoms with Gasteiger partial charge in [-0.3, -0.25) is 19.2 Å². The van der Waals surface area contributed by atoms with Gasteiger partial charge in [-0.2, -0.15) is 0 Å². The SMILES string of the molecule is Cn1c(C=C2C(=O)c3cc4cc5ccccc5cc4cc3C2=O)cc2sc3c4sc(C=C5C(=O)c6cc7cc8ccccc8cc7cc6C5=O)cc4n(C)c3c21. The molecule has 0 saturated carbocycles. The molecule has 56 heavy (non-hydrogen) atoms. The summed E-state index contributed by atoms with van der Waals surface area (Å²) in [6.07, 6.45) is 3.48. The summed E-state index contributed by atoms with van der Waals surface area (Å²) in [5.41, 5.74) is 6.03. The van der Waals surface area contributed by atoms with Crippen LogP contribution >= 0.6 is 22.7 Å². The van der Waals surface area contributed by atoms with Crippen molar-refractivity contribution >= 4 is 132 Å². The van der Waals surface area contributed by atoms with Gasteiger partial charge in [-0.15, -0.1) is 22.7 Å². The molecule has 264 valence electrons. The van der Waals surface area contributed by atoms with E-state index in [0.717, 1.165) is 84.3 Å². The lowest BCUT2D eigenvalue weighted by Crippen LogP contribution is -2.02. The van der Waals surface area contributed by atoms with Crippen molar-refractivity contribution < 1.29 is 19.2 Å². The highest BCUT2D eigenvalue weighted by atomic mass is 32.1. The topological polar surface area (TPSA) is 78.1 Å². The Morgan fingerprint density at radius 2 is 0.893 bits per heavy atom. The van der Waals surface area contributed by atoms with Gasteiger partial charge in [-0.05, 0) is 116 Å². The van der Waals surface area contributed by atoms with Crippen molar-refractivity contribution in [2.75, 3.05) is 0 Å². The summed E-state index contributed by atoms with van der Waals surface area (Å²) in [5, 5.41) is 8.10. The van der Waals surface area contributed by atoms with Crippen molar-refractivity contribution in [2.24, 2.45) is 14.1 Å². The molecule has 8 heteroatoms. The lowest BCUT2D eigenvalue weighted by Gasteiger charge is -2.04. The number of aryl methyl sites for hydroxylation is 2. The van der Waals surface area contributed by atoms with Crippen molar-refractivity contribution in [2.45, 2.75) is 0 Å². The molecule has 2 aliphatic rings. The smallest absolute Gasteiger partial charge is 0.197 e. The van der Waals surface area contributed by atoms with E-state index < -0.39 is 0 Å². The van der Waals surface area contributed by atoms with Gasteiger partial charge in [0.2, 0.25) is 0 Å². The lowest BCUT2D eigenvalue weighted by atomic mass is 9.99. The Kier molecular flexibility index (Phi) is 6.17. The van der Waals surface area contributed by atoms with Gasteiger partial charge in [0.15, 0.2) is 23.1 Å². The number of hydrogen-bond acceptors (Lipinski definition) is 6. The molecule has 10 aromatic rings. The van der Waals surface area contributed by atoms with Gasteiger partial charge in [-0.1, -0.05) is 48.5 Å². The Morgan fingerprint density at radius 3 is 1.36 bits per heavy atom. The Bertz CT molecular complexity index is 3490. The Morgan fingerprint density at radius 1 is 0.446 bits per heavy atom.